The van der Waals surface area contributed by atoms with Gasteiger partial charge >= 0.3 is 5.97 Å². The number of ether oxygens (including phenoxy) is 1. The summed E-state index contributed by atoms with van der Waals surface area (Å²) in [4.78, 5) is 12.0. The van der Waals surface area contributed by atoms with Crippen molar-refractivity contribution in [3.8, 4) is 5.75 Å². The molecule has 2 atom stereocenters. The number of carboxylic acids is 1. The second-order valence-electron chi connectivity index (χ2n) is 9.35. The number of rotatable bonds is 16. The van der Waals surface area contributed by atoms with E-state index in [0.29, 0.717) is 30.3 Å². The topological polar surface area (TPSA) is 83.9 Å². The van der Waals surface area contributed by atoms with Gasteiger partial charge in [-0.15, -0.1) is 11.8 Å². The number of nitrogens with zero attached hydrogens (tertiary/aromatic N) is 1. The van der Waals surface area contributed by atoms with Gasteiger partial charge in [-0.3, -0.25) is 0 Å². The van der Waals surface area contributed by atoms with Crippen LogP contribution in [0, 0.1) is 6.92 Å². The number of hydrogen-bond donors (Lipinski definition) is 1. The van der Waals surface area contributed by atoms with Crippen LogP contribution in [-0.2, 0) is 14.8 Å². The van der Waals surface area contributed by atoms with E-state index in [-0.39, 0.29) is 16.1 Å². The fraction of sp³-hybridized carbons (Fsp3) is 0.536. The summed E-state index contributed by atoms with van der Waals surface area (Å²) < 4.78 is 34.2. The molecule has 37 heavy (non-hydrogen) atoms. The van der Waals surface area contributed by atoms with E-state index in [1.165, 1.54) is 0 Å². The predicted molar refractivity (Wildman–Crippen MR) is 153 cm³/mol. The Bertz CT molecular complexity index is 1140. The van der Waals surface area contributed by atoms with Gasteiger partial charge in [0.15, 0.2) is 6.61 Å². The maximum absolute atomic E-state index is 13.7. The summed E-state index contributed by atoms with van der Waals surface area (Å²) in [6, 6.07) is 10.7. The van der Waals surface area contributed by atoms with E-state index in [1.807, 2.05) is 32.0 Å². The van der Waals surface area contributed by atoms with E-state index in [1.54, 1.807) is 34.3 Å². The number of carboxylic acid groups (broad SMARTS) is 1. The molecule has 0 aliphatic carbocycles. The summed E-state index contributed by atoms with van der Waals surface area (Å²) in [6.07, 6.45) is 4.72. The molecule has 1 unspecified atom stereocenters. The van der Waals surface area contributed by atoms with Crippen molar-refractivity contribution >= 4 is 39.4 Å². The van der Waals surface area contributed by atoms with Crippen LogP contribution >= 0.6 is 23.4 Å². The Morgan fingerprint density at radius 2 is 1.86 bits per heavy atom. The van der Waals surface area contributed by atoms with E-state index in [4.69, 9.17) is 21.4 Å². The van der Waals surface area contributed by atoms with Gasteiger partial charge in [-0.25, -0.2) is 13.2 Å². The number of thioether (sulfide) groups is 1. The largest absolute Gasteiger partial charge is 0.482 e. The van der Waals surface area contributed by atoms with Crippen LogP contribution in [0.15, 0.2) is 46.2 Å². The third-order valence-electron chi connectivity index (χ3n) is 6.27. The van der Waals surface area contributed by atoms with Crippen LogP contribution in [0.25, 0.3) is 0 Å². The zero-order chi connectivity index (χ0) is 27.6. The number of aliphatic carboxylic acids is 1. The first-order valence-electron chi connectivity index (χ1n) is 12.9. The molecule has 0 amide bonds. The van der Waals surface area contributed by atoms with E-state index in [9.17, 15) is 13.2 Å². The molecule has 0 aliphatic heterocycles. The van der Waals surface area contributed by atoms with Crippen molar-refractivity contribution in [2.24, 2.45) is 0 Å². The number of aryl methyl sites for hydroxylation is 1. The predicted octanol–water partition coefficient (Wildman–Crippen LogP) is 7.38. The van der Waals surface area contributed by atoms with Crippen LogP contribution in [0.3, 0.4) is 0 Å². The lowest BCUT2D eigenvalue weighted by Gasteiger charge is -2.26. The molecule has 0 bridgehead atoms. The highest BCUT2D eigenvalue weighted by atomic mass is 35.5. The third kappa shape index (κ3) is 9.20. The fourth-order valence-corrected chi connectivity index (χ4v) is 7.44. The van der Waals surface area contributed by atoms with Gasteiger partial charge in [0.1, 0.15) is 5.75 Å². The zero-order valence-corrected chi connectivity index (χ0v) is 24.9. The molecule has 0 heterocycles. The standard InChI is InChI=1S/C28H40ClNO5S2/c1-6-9-10-20(4)25-13-12-24(17-26(25)29)37(33,34)30(15-7-2)18-22(8-3)36-23-11-14-27(21(5)16-23)35-19-28(31)32/h11-14,16-17,20,22H,6-10,15,18-19H2,1-5H3,(H,31,32)/t20?,22-/m1/s1. The SMILES string of the molecule is CCCCC(C)c1ccc(S(=O)(=O)N(CCC)C[C@@H](CC)Sc2ccc(OCC(=O)O)c(C)c2)cc1Cl. The first-order valence-corrected chi connectivity index (χ1v) is 15.6. The highest BCUT2D eigenvalue weighted by Gasteiger charge is 2.27. The minimum atomic E-state index is -3.71. The Morgan fingerprint density at radius 1 is 1.14 bits per heavy atom. The summed E-state index contributed by atoms with van der Waals surface area (Å²) >= 11 is 8.18. The average molecular weight is 570 g/mol. The molecule has 2 aromatic carbocycles. The molecule has 6 nitrogen and oxygen atoms in total. The average Bonchev–Trinajstić information content (AvgIpc) is 2.85. The maximum atomic E-state index is 13.7. The summed E-state index contributed by atoms with van der Waals surface area (Å²) in [5.74, 6) is -0.219. The van der Waals surface area contributed by atoms with Crippen molar-refractivity contribution in [2.75, 3.05) is 19.7 Å². The minimum Gasteiger partial charge on any atom is -0.482 e. The molecule has 2 aromatic rings. The maximum Gasteiger partial charge on any atom is 0.341 e. The van der Waals surface area contributed by atoms with E-state index < -0.39 is 22.6 Å². The Hall–Kier alpha value is -1.74. The molecule has 0 aliphatic rings. The molecular formula is C28H40ClNO5S2. The van der Waals surface area contributed by atoms with Crippen molar-refractivity contribution < 1.29 is 23.1 Å². The number of halogens is 1. The van der Waals surface area contributed by atoms with E-state index in [2.05, 4.69) is 20.8 Å². The highest BCUT2D eigenvalue weighted by Crippen LogP contribution is 2.33. The van der Waals surface area contributed by atoms with Gasteiger partial charge in [0, 0.05) is 28.3 Å². The summed E-state index contributed by atoms with van der Waals surface area (Å²) in [7, 11) is -3.71. The first kappa shape index (κ1) is 31.5. The van der Waals surface area contributed by atoms with Gasteiger partial charge in [0.05, 0.1) is 4.90 Å². The fourth-order valence-electron chi connectivity index (χ4n) is 4.11. The molecule has 0 aromatic heterocycles. The van der Waals surface area contributed by atoms with Crippen molar-refractivity contribution in [1.82, 2.24) is 4.31 Å². The van der Waals surface area contributed by atoms with Crippen molar-refractivity contribution in [3.05, 3.63) is 52.5 Å². The van der Waals surface area contributed by atoms with Gasteiger partial charge in [-0.1, -0.05) is 58.2 Å². The van der Waals surface area contributed by atoms with E-state index >= 15 is 0 Å². The molecule has 206 valence electrons. The second-order valence-corrected chi connectivity index (χ2v) is 13.1. The van der Waals surface area contributed by atoms with Crippen molar-refractivity contribution in [3.63, 3.8) is 0 Å². The number of benzene rings is 2. The lowest BCUT2D eigenvalue weighted by atomic mass is 9.96. The van der Waals surface area contributed by atoms with Crippen LogP contribution in [0.1, 0.15) is 76.8 Å². The Kier molecular flexibility index (Phi) is 12.8. The third-order valence-corrected chi connectivity index (χ3v) is 9.80. The number of sulfonamides is 1. The second kappa shape index (κ2) is 15.0. The molecule has 0 saturated carbocycles. The van der Waals surface area contributed by atoms with Crippen molar-refractivity contribution in [2.45, 2.75) is 87.7 Å². The molecule has 2 rings (SSSR count). The first-order chi connectivity index (χ1) is 17.5. The molecule has 9 heteroatoms. The molecule has 0 saturated heterocycles. The molecule has 0 fully saturated rings. The summed E-state index contributed by atoms with van der Waals surface area (Å²) in [5, 5.41) is 9.38. The van der Waals surface area contributed by atoms with Gasteiger partial charge in [-0.2, -0.15) is 4.31 Å². The summed E-state index contributed by atoms with van der Waals surface area (Å²) in [6.45, 7) is 10.6. The quantitative estimate of drug-likeness (QED) is 0.212. The molecule has 0 spiro atoms. The summed E-state index contributed by atoms with van der Waals surface area (Å²) in [5.41, 5.74) is 1.83. The van der Waals surface area contributed by atoms with Gasteiger partial charge in [0.2, 0.25) is 10.0 Å². The molecule has 1 N–H and O–H groups in total. The monoisotopic (exact) mass is 569 g/mol. The Labute approximate surface area is 231 Å². The van der Waals surface area contributed by atoms with Gasteiger partial charge in [-0.05, 0) is 73.6 Å². The Morgan fingerprint density at radius 3 is 2.43 bits per heavy atom. The Balaban J connectivity index is 2.20. The van der Waals surface area contributed by atoms with Crippen LogP contribution < -0.4 is 4.74 Å². The van der Waals surface area contributed by atoms with Crippen LogP contribution in [0.4, 0.5) is 0 Å². The van der Waals surface area contributed by atoms with Gasteiger partial charge in [0.25, 0.3) is 0 Å². The number of unbranched alkanes of at least 4 members (excludes halogenated alkanes) is 1. The smallest absolute Gasteiger partial charge is 0.341 e. The normalized spacial score (nSPS) is 13.5. The number of carbonyl (C=O) groups is 1. The number of hydrogen-bond acceptors (Lipinski definition) is 5. The molecular weight excluding hydrogens is 530 g/mol. The van der Waals surface area contributed by atoms with Crippen LogP contribution in [0.2, 0.25) is 5.02 Å². The lowest BCUT2D eigenvalue weighted by molar-refractivity contribution is -0.139. The van der Waals surface area contributed by atoms with Crippen molar-refractivity contribution in [1.29, 1.82) is 0 Å². The van der Waals surface area contributed by atoms with Crippen LogP contribution in [-0.4, -0.2) is 48.7 Å². The molecule has 0 radical (unpaired) electrons. The van der Waals surface area contributed by atoms with E-state index in [0.717, 1.165) is 41.7 Å². The highest BCUT2D eigenvalue weighted by molar-refractivity contribution is 8.00. The minimum absolute atomic E-state index is 0.0373. The lowest BCUT2D eigenvalue weighted by Crippen LogP contribution is -2.37. The van der Waals surface area contributed by atoms with Crippen LogP contribution in [0.5, 0.6) is 5.75 Å². The zero-order valence-electron chi connectivity index (χ0n) is 22.5. The van der Waals surface area contributed by atoms with Gasteiger partial charge < -0.3 is 9.84 Å².